The maximum Gasteiger partial charge on any atom is 0.241 e. The normalized spacial score (nSPS) is 11.4. The number of unbranched alkanes of at least 4 members (excludes halogenated alkanes) is 1. The number of sulfone groups is 1. The number of carbonyl (C=O) groups is 1. The van der Waals surface area contributed by atoms with Crippen LogP contribution in [-0.2, 0) is 26.8 Å². The number of amides is 1. The van der Waals surface area contributed by atoms with Crippen molar-refractivity contribution in [2.24, 2.45) is 0 Å². The lowest BCUT2D eigenvalue weighted by Crippen LogP contribution is -2.24. The Labute approximate surface area is 141 Å². The van der Waals surface area contributed by atoms with Crippen molar-refractivity contribution in [1.29, 1.82) is 0 Å². The summed E-state index contributed by atoms with van der Waals surface area (Å²) < 4.78 is 29.1. The number of aromatic nitrogens is 2. The first kappa shape index (κ1) is 18.1. The van der Waals surface area contributed by atoms with E-state index in [1.807, 2.05) is 19.9 Å². The smallest absolute Gasteiger partial charge is 0.241 e. The topological polar surface area (TPSA) is 102 Å². The van der Waals surface area contributed by atoms with Gasteiger partial charge in [-0.2, -0.15) is 4.98 Å². The molecule has 0 aliphatic carbocycles. The Bertz CT molecular complexity index is 799. The second kappa shape index (κ2) is 8.05. The summed E-state index contributed by atoms with van der Waals surface area (Å²) in [5, 5.41) is 6.32. The molecule has 1 amide bonds. The summed E-state index contributed by atoms with van der Waals surface area (Å²) in [4.78, 5) is 16.0. The lowest BCUT2D eigenvalue weighted by atomic mass is 10.2. The Morgan fingerprint density at radius 3 is 2.83 bits per heavy atom. The first-order valence-corrected chi connectivity index (χ1v) is 9.58. The molecular weight excluding hydrogens is 330 g/mol. The molecule has 7 nitrogen and oxygen atoms in total. The molecule has 0 radical (unpaired) electrons. The van der Waals surface area contributed by atoms with E-state index in [1.165, 1.54) is 0 Å². The maximum atomic E-state index is 12.1. The van der Waals surface area contributed by atoms with E-state index in [4.69, 9.17) is 4.52 Å². The van der Waals surface area contributed by atoms with Gasteiger partial charge in [0.1, 0.15) is 11.5 Å². The third-order valence-electron chi connectivity index (χ3n) is 3.26. The highest BCUT2D eigenvalue weighted by Gasteiger charge is 2.21. The number of aryl methyl sites for hydroxylation is 2. The highest BCUT2D eigenvalue weighted by molar-refractivity contribution is 7.91. The molecule has 2 rings (SSSR count). The molecule has 0 aliphatic rings. The molecule has 0 unspecified atom stereocenters. The van der Waals surface area contributed by atoms with Gasteiger partial charge in [-0.1, -0.05) is 30.6 Å². The van der Waals surface area contributed by atoms with Crippen molar-refractivity contribution in [2.45, 2.75) is 38.9 Å². The van der Waals surface area contributed by atoms with E-state index in [-0.39, 0.29) is 5.89 Å². The van der Waals surface area contributed by atoms with E-state index in [2.05, 4.69) is 15.5 Å². The van der Waals surface area contributed by atoms with Gasteiger partial charge in [-0.3, -0.25) is 4.79 Å². The van der Waals surface area contributed by atoms with E-state index in [0.717, 1.165) is 18.4 Å². The first-order chi connectivity index (χ1) is 11.4. The molecule has 0 aliphatic heterocycles. The average Bonchev–Trinajstić information content (AvgIpc) is 2.90. The van der Waals surface area contributed by atoms with Gasteiger partial charge in [-0.15, -0.1) is 0 Å². The van der Waals surface area contributed by atoms with Gasteiger partial charge in [0.25, 0.3) is 0 Å². The third kappa shape index (κ3) is 5.77. The van der Waals surface area contributed by atoms with Crippen LogP contribution in [0.1, 0.15) is 37.0 Å². The van der Waals surface area contributed by atoms with Crippen LogP contribution in [0.15, 0.2) is 28.8 Å². The third-order valence-corrected chi connectivity index (χ3v) is 4.65. The number of carbonyl (C=O) groups excluding carboxylic acids is 1. The van der Waals surface area contributed by atoms with Gasteiger partial charge >= 0.3 is 0 Å². The van der Waals surface area contributed by atoms with E-state index in [1.54, 1.807) is 18.2 Å². The predicted octanol–water partition coefficient (Wildman–Crippen LogP) is 2.27. The highest BCUT2D eigenvalue weighted by atomic mass is 32.2. The van der Waals surface area contributed by atoms with Crippen LogP contribution < -0.4 is 5.32 Å². The molecule has 1 N–H and O–H groups in total. The molecule has 0 bridgehead atoms. The van der Waals surface area contributed by atoms with Crippen LogP contribution in [0.5, 0.6) is 0 Å². The summed E-state index contributed by atoms with van der Waals surface area (Å²) in [5.74, 6) is -1.15. The fourth-order valence-electron chi connectivity index (χ4n) is 2.14. The number of hydrogen-bond acceptors (Lipinski definition) is 6. The number of nitrogens with one attached hydrogen (secondary N) is 1. The molecule has 0 saturated carbocycles. The van der Waals surface area contributed by atoms with Gasteiger partial charge in [0.15, 0.2) is 15.7 Å². The second-order valence-electron chi connectivity index (χ2n) is 5.66. The lowest BCUT2D eigenvalue weighted by molar-refractivity contribution is -0.113. The Morgan fingerprint density at radius 2 is 2.12 bits per heavy atom. The molecule has 0 spiro atoms. The zero-order chi connectivity index (χ0) is 17.6. The van der Waals surface area contributed by atoms with E-state index in [9.17, 15) is 13.2 Å². The molecule has 0 atom stereocenters. The quantitative estimate of drug-likeness (QED) is 0.783. The van der Waals surface area contributed by atoms with E-state index in [0.29, 0.717) is 17.9 Å². The molecule has 2 aromatic rings. The fraction of sp³-hybridized carbons (Fsp3) is 0.438. The van der Waals surface area contributed by atoms with Crippen molar-refractivity contribution in [3.63, 3.8) is 0 Å². The van der Waals surface area contributed by atoms with Crippen molar-refractivity contribution in [3.8, 4) is 0 Å². The van der Waals surface area contributed by atoms with Gasteiger partial charge in [-0.05, 0) is 31.0 Å². The minimum absolute atomic E-state index is 0.0180. The van der Waals surface area contributed by atoms with Gasteiger partial charge in [0, 0.05) is 12.1 Å². The van der Waals surface area contributed by atoms with Crippen LogP contribution in [0, 0.1) is 6.92 Å². The van der Waals surface area contributed by atoms with Gasteiger partial charge < -0.3 is 9.84 Å². The van der Waals surface area contributed by atoms with Crippen LogP contribution in [0.3, 0.4) is 0 Å². The second-order valence-corrected chi connectivity index (χ2v) is 7.72. The van der Waals surface area contributed by atoms with Crippen molar-refractivity contribution in [1.82, 2.24) is 10.1 Å². The number of anilines is 1. The SMILES string of the molecule is CCCCc1noc(CS(=O)(=O)CC(=O)Nc2cccc(C)c2)n1. The first-order valence-electron chi connectivity index (χ1n) is 7.76. The molecule has 130 valence electrons. The predicted molar refractivity (Wildman–Crippen MR) is 90.2 cm³/mol. The van der Waals surface area contributed by atoms with Crippen molar-refractivity contribution in [2.75, 3.05) is 11.1 Å². The number of hydrogen-bond donors (Lipinski definition) is 1. The molecular formula is C16H21N3O4S. The molecule has 1 aromatic heterocycles. The molecule has 1 aromatic carbocycles. The van der Waals surface area contributed by atoms with Gasteiger partial charge in [-0.25, -0.2) is 8.42 Å². The zero-order valence-electron chi connectivity index (χ0n) is 13.8. The monoisotopic (exact) mass is 351 g/mol. The average molecular weight is 351 g/mol. The largest absolute Gasteiger partial charge is 0.338 e. The molecule has 24 heavy (non-hydrogen) atoms. The summed E-state index contributed by atoms with van der Waals surface area (Å²) in [6.07, 6.45) is 2.54. The minimum atomic E-state index is -3.68. The Morgan fingerprint density at radius 1 is 1.33 bits per heavy atom. The maximum absolute atomic E-state index is 12.1. The summed E-state index contributed by atoms with van der Waals surface area (Å²) in [5.41, 5.74) is 1.54. The number of nitrogens with zero attached hydrogens (tertiary/aromatic N) is 2. The van der Waals surface area contributed by atoms with Crippen LogP contribution >= 0.6 is 0 Å². The van der Waals surface area contributed by atoms with E-state index >= 15 is 0 Å². The lowest BCUT2D eigenvalue weighted by Gasteiger charge is -2.06. The summed E-state index contributed by atoms with van der Waals surface area (Å²) in [7, 11) is -3.68. The number of rotatable bonds is 8. The highest BCUT2D eigenvalue weighted by Crippen LogP contribution is 2.11. The molecule has 1 heterocycles. The van der Waals surface area contributed by atoms with Gasteiger partial charge in [0.05, 0.1) is 0 Å². The van der Waals surface area contributed by atoms with Crippen molar-refractivity contribution < 1.29 is 17.7 Å². The van der Waals surface area contributed by atoms with Crippen molar-refractivity contribution in [3.05, 3.63) is 41.5 Å². The summed E-state index contributed by atoms with van der Waals surface area (Å²) >= 11 is 0. The Hall–Kier alpha value is -2.22. The standard InChI is InChI=1S/C16H21N3O4S/c1-3-4-8-14-18-16(23-19-14)11-24(21,22)10-15(20)17-13-7-5-6-12(2)9-13/h5-7,9H,3-4,8,10-11H2,1-2H3,(H,17,20). The van der Waals surface area contributed by atoms with Crippen LogP contribution in [0.2, 0.25) is 0 Å². The Balaban J connectivity index is 1.92. The minimum Gasteiger partial charge on any atom is -0.338 e. The summed E-state index contributed by atoms with van der Waals surface area (Å²) in [6, 6.07) is 7.14. The molecule has 8 heteroatoms. The summed E-state index contributed by atoms with van der Waals surface area (Å²) in [6.45, 7) is 3.93. The van der Waals surface area contributed by atoms with Gasteiger partial charge in [0.2, 0.25) is 11.8 Å². The Kier molecular flexibility index (Phi) is 6.08. The molecule has 0 saturated heterocycles. The van der Waals surface area contributed by atoms with E-state index < -0.39 is 27.3 Å². The van der Waals surface area contributed by atoms with Crippen molar-refractivity contribution >= 4 is 21.4 Å². The fourth-order valence-corrected chi connectivity index (χ4v) is 3.21. The number of benzene rings is 1. The van der Waals surface area contributed by atoms with Crippen LogP contribution in [0.4, 0.5) is 5.69 Å². The van der Waals surface area contributed by atoms with Crippen LogP contribution in [-0.4, -0.2) is 30.2 Å². The molecule has 0 fully saturated rings. The zero-order valence-corrected chi connectivity index (χ0v) is 14.6. The van der Waals surface area contributed by atoms with Crippen LogP contribution in [0.25, 0.3) is 0 Å².